The normalized spacial score (nSPS) is 12.5. The minimum Gasteiger partial charge on any atom is -0.291 e. The van der Waals surface area contributed by atoms with E-state index in [-0.39, 0.29) is 22.8 Å². The summed E-state index contributed by atoms with van der Waals surface area (Å²) in [5.41, 5.74) is 0.358. The lowest BCUT2D eigenvalue weighted by Gasteiger charge is -2.19. The van der Waals surface area contributed by atoms with Gasteiger partial charge < -0.3 is 0 Å². The van der Waals surface area contributed by atoms with Gasteiger partial charge in [-0.1, -0.05) is 19.1 Å². The van der Waals surface area contributed by atoms with Crippen molar-refractivity contribution in [2.75, 3.05) is 0 Å². The standard InChI is InChI=1S/C16H15FN4O2/c1-3-13(10-4-6-11(17)7-5-10)21-9-19-14-12(15(21)22)8-18-16(23)20(14)2/h4-9,13H,3H2,1-2H3. The predicted molar refractivity (Wildman–Crippen MR) is 83.9 cm³/mol. The quantitative estimate of drug-likeness (QED) is 0.737. The summed E-state index contributed by atoms with van der Waals surface area (Å²) in [6.07, 6.45) is 3.31. The second kappa shape index (κ2) is 5.75. The number of hydrogen-bond donors (Lipinski definition) is 0. The molecule has 1 aromatic carbocycles. The fourth-order valence-electron chi connectivity index (χ4n) is 2.65. The molecule has 0 fully saturated rings. The first-order chi connectivity index (χ1) is 11.0. The number of nitrogens with zero attached hydrogens (tertiary/aromatic N) is 4. The van der Waals surface area contributed by atoms with Crippen molar-refractivity contribution in [3.63, 3.8) is 0 Å². The average Bonchev–Trinajstić information content (AvgIpc) is 2.55. The van der Waals surface area contributed by atoms with E-state index >= 15 is 0 Å². The van der Waals surface area contributed by atoms with Gasteiger partial charge in [0.1, 0.15) is 17.5 Å². The second-order valence-electron chi connectivity index (χ2n) is 5.27. The largest absolute Gasteiger partial charge is 0.348 e. The van der Waals surface area contributed by atoms with Crippen LogP contribution in [-0.4, -0.2) is 19.1 Å². The van der Waals surface area contributed by atoms with Crippen LogP contribution in [0.25, 0.3) is 11.0 Å². The van der Waals surface area contributed by atoms with E-state index in [2.05, 4.69) is 9.97 Å². The van der Waals surface area contributed by atoms with Gasteiger partial charge in [0.25, 0.3) is 5.56 Å². The molecule has 3 rings (SSSR count). The number of hydrogen-bond acceptors (Lipinski definition) is 4. The summed E-state index contributed by atoms with van der Waals surface area (Å²) in [5, 5.41) is 0.273. The zero-order valence-electron chi connectivity index (χ0n) is 12.7. The van der Waals surface area contributed by atoms with Gasteiger partial charge in [-0.25, -0.2) is 19.2 Å². The van der Waals surface area contributed by atoms with Crippen LogP contribution in [0, 0.1) is 5.82 Å². The van der Waals surface area contributed by atoms with Crippen molar-refractivity contribution in [2.24, 2.45) is 7.05 Å². The lowest BCUT2D eigenvalue weighted by Crippen LogP contribution is -2.29. The minimum absolute atomic E-state index is 0.266. The highest BCUT2D eigenvalue weighted by molar-refractivity contribution is 5.72. The lowest BCUT2D eigenvalue weighted by molar-refractivity contribution is 0.540. The molecule has 0 saturated heterocycles. The Kier molecular flexibility index (Phi) is 3.77. The SMILES string of the molecule is CCC(c1ccc(F)cc1)n1cnc2c(cnc(=O)n2C)c1=O. The van der Waals surface area contributed by atoms with Crippen LogP contribution >= 0.6 is 0 Å². The van der Waals surface area contributed by atoms with Crippen molar-refractivity contribution in [1.29, 1.82) is 0 Å². The third kappa shape index (κ3) is 2.54. The van der Waals surface area contributed by atoms with Crippen LogP contribution in [-0.2, 0) is 7.05 Å². The second-order valence-corrected chi connectivity index (χ2v) is 5.27. The van der Waals surface area contributed by atoms with Crippen molar-refractivity contribution >= 4 is 11.0 Å². The van der Waals surface area contributed by atoms with Crippen LogP contribution in [0.1, 0.15) is 24.9 Å². The molecule has 1 unspecified atom stereocenters. The molecule has 2 aromatic heterocycles. The zero-order valence-corrected chi connectivity index (χ0v) is 12.7. The van der Waals surface area contributed by atoms with Crippen molar-refractivity contribution in [3.05, 3.63) is 69.0 Å². The highest BCUT2D eigenvalue weighted by Gasteiger charge is 2.16. The van der Waals surface area contributed by atoms with E-state index in [1.54, 1.807) is 12.1 Å². The van der Waals surface area contributed by atoms with Gasteiger partial charge in [-0.2, -0.15) is 0 Å². The Morgan fingerprint density at radius 2 is 1.87 bits per heavy atom. The monoisotopic (exact) mass is 314 g/mol. The Balaban J connectivity index is 2.21. The molecular weight excluding hydrogens is 299 g/mol. The van der Waals surface area contributed by atoms with Gasteiger partial charge in [-0.05, 0) is 24.1 Å². The number of fused-ring (bicyclic) bond motifs is 1. The van der Waals surface area contributed by atoms with Crippen LogP contribution in [0.15, 0.2) is 46.4 Å². The van der Waals surface area contributed by atoms with Gasteiger partial charge >= 0.3 is 5.69 Å². The highest BCUT2D eigenvalue weighted by Crippen LogP contribution is 2.21. The summed E-state index contributed by atoms with van der Waals surface area (Å²) in [6, 6.07) is 5.77. The molecule has 2 heterocycles. The van der Waals surface area contributed by atoms with E-state index in [4.69, 9.17) is 0 Å². The Morgan fingerprint density at radius 3 is 2.52 bits per heavy atom. The van der Waals surface area contributed by atoms with Crippen molar-refractivity contribution < 1.29 is 4.39 Å². The topological polar surface area (TPSA) is 69.8 Å². The van der Waals surface area contributed by atoms with Crippen molar-refractivity contribution in [2.45, 2.75) is 19.4 Å². The van der Waals surface area contributed by atoms with Crippen LogP contribution < -0.4 is 11.2 Å². The first-order valence-electron chi connectivity index (χ1n) is 7.21. The van der Waals surface area contributed by atoms with Crippen molar-refractivity contribution in [1.82, 2.24) is 19.1 Å². The molecule has 1 atom stereocenters. The maximum Gasteiger partial charge on any atom is 0.348 e. The van der Waals surface area contributed by atoms with Crippen LogP contribution in [0.5, 0.6) is 0 Å². The van der Waals surface area contributed by atoms with Gasteiger partial charge in [0.05, 0.1) is 6.04 Å². The van der Waals surface area contributed by atoms with E-state index in [1.807, 2.05) is 6.92 Å². The van der Waals surface area contributed by atoms with Gasteiger partial charge in [0.15, 0.2) is 5.65 Å². The zero-order chi connectivity index (χ0) is 16.6. The molecule has 6 nitrogen and oxygen atoms in total. The van der Waals surface area contributed by atoms with Gasteiger partial charge in [0.2, 0.25) is 0 Å². The molecule has 118 valence electrons. The summed E-state index contributed by atoms with van der Waals surface area (Å²) in [7, 11) is 1.52. The van der Waals surface area contributed by atoms with E-state index in [0.29, 0.717) is 12.1 Å². The Morgan fingerprint density at radius 1 is 1.17 bits per heavy atom. The van der Waals surface area contributed by atoms with E-state index in [1.165, 1.54) is 40.8 Å². The number of rotatable bonds is 3. The van der Waals surface area contributed by atoms with E-state index in [0.717, 1.165) is 5.56 Å². The molecule has 0 spiro atoms. The molecule has 3 aromatic rings. The first kappa shape index (κ1) is 15.1. The maximum absolute atomic E-state index is 13.1. The Labute approximate surface area is 130 Å². The Bertz CT molecular complexity index is 976. The fourth-order valence-corrected chi connectivity index (χ4v) is 2.65. The molecular formula is C16H15FN4O2. The van der Waals surface area contributed by atoms with Gasteiger partial charge in [-0.3, -0.25) is 13.9 Å². The van der Waals surface area contributed by atoms with Crippen LogP contribution in [0.4, 0.5) is 4.39 Å². The van der Waals surface area contributed by atoms with E-state index < -0.39 is 5.69 Å². The van der Waals surface area contributed by atoms with Crippen LogP contribution in [0.2, 0.25) is 0 Å². The third-order valence-electron chi connectivity index (χ3n) is 3.90. The molecule has 0 aliphatic rings. The molecule has 0 N–H and O–H groups in total. The lowest BCUT2D eigenvalue weighted by atomic mass is 10.0. The smallest absolute Gasteiger partial charge is 0.291 e. The van der Waals surface area contributed by atoms with Gasteiger partial charge in [0, 0.05) is 13.2 Å². The molecule has 23 heavy (non-hydrogen) atoms. The highest BCUT2D eigenvalue weighted by atomic mass is 19.1. The van der Waals surface area contributed by atoms with E-state index in [9.17, 15) is 14.0 Å². The molecule has 0 radical (unpaired) electrons. The summed E-state index contributed by atoms with van der Waals surface area (Å²) >= 11 is 0. The molecule has 0 amide bonds. The molecule has 0 aliphatic heterocycles. The molecule has 0 saturated carbocycles. The summed E-state index contributed by atoms with van der Waals surface area (Å²) in [5.74, 6) is -0.327. The molecule has 7 heteroatoms. The number of aromatic nitrogens is 4. The van der Waals surface area contributed by atoms with Gasteiger partial charge in [-0.15, -0.1) is 0 Å². The number of benzene rings is 1. The average molecular weight is 314 g/mol. The minimum atomic E-state index is -0.465. The van der Waals surface area contributed by atoms with Crippen molar-refractivity contribution in [3.8, 4) is 0 Å². The molecule has 0 aliphatic carbocycles. The summed E-state index contributed by atoms with van der Waals surface area (Å²) < 4.78 is 15.8. The first-order valence-corrected chi connectivity index (χ1v) is 7.21. The Hall–Kier alpha value is -2.83. The van der Waals surface area contributed by atoms with Crippen LogP contribution in [0.3, 0.4) is 0 Å². The number of halogens is 1. The predicted octanol–water partition coefficient (Wildman–Crippen LogP) is 1.63. The third-order valence-corrected chi connectivity index (χ3v) is 3.90. The molecule has 0 bridgehead atoms. The summed E-state index contributed by atoms with van der Waals surface area (Å²) in [4.78, 5) is 32.2. The number of aryl methyl sites for hydroxylation is 1. The summed E-state index contributed by atoms with van der Waals surface area (Å²) in [6.45, 7) is 1.93. The maximum atomic E-state index is 13.1. The fraction of sp³-hybridized carbons (Fsp3) is 0.250.